The van der Waals surface area contributed by atoms with Gasteiger partial charge in [0.05, 0.1) is 78.5 Å². The smallest absolute Gasteiger partial charge is 0.235 e. The minimum absolute atomic E-state index is 0.689. The first-order valence-corrected chi connectivity index (χ1v) is 44.1. The van der Waals surface area contributed by atoms with Gasteiger partial charge in [0, 0.05) is 93.6 Å². The average Bonchev–Trinajstić information content (AvgIpc) is 1.54. The lowest BCUT2D eigenvalue weighted by Crippen LogP contribution is -2.05. The average molecular weight is 1640 g/mol. The van der Waals surface area contributed by atoms with E-state index in [1.807, 2.05) is 18.2 Å². The zero-order valence-electron chi connectivity index (χ0n) is 69.4. The number of hydrogen-bond donors (Lipinski definition) is 0. The Balaban J connectivity index is 0.0000000980. The van der Waals surface area contributed by atoms with E-state index in [1.165, 1.54) is 169 Å². The third kappa shape index (κ3) is 10.6. The molecule has 6 heterocycles. The second-order valence-electron chi connectivity index (χ2n) is 34.2. The minimum Gasteiger partial charge on any atom is -0.309 e. The van der Waals surface area contributed by atoms with Gasteiger partial charge in [-0.3, -0.25) is 9.13 Å². The molecule has 27 aromatic rings. The van der Waals surface area contributed by atoms with Crippen molar-refractivity contribution in [1.29, 1.82) is 0 Å². The molecule has 0 atom stereocenters. The van der Waals surface area contributed by atoms with Crippen LogP contribution in [-0.2, 0) is 0 Å². The van der Waals surface area contributed by atoms with Crippen LogP contribution in [0.25, 0.3) is 281 Å². The van der Waals surface area contributed by atoms with E-state index in [0.717, 1.165) is 100 Å². The summed E-state index contributed by atoms with van der Waals surface area (Å²) in [5, 5.41) is 26.3. The number of para-hydroxylation sites is 4. The molecule has 0 aliphatic heterocycles. The molecule has 0 unspecified atom stereocenters. The van der Waals surface area contributed by atoms with Gasteiger partial charge in [0.15, 0.2) is 0 Å². The van der Waals surface area contributed by atoms with Crippen LogP contribution in [0.2, 0.25) is 0 Å². The van der Waals surface area contributed by atoms with E-state index < -0.39 is 0 Å². The lowest BCUT2D eigenvalue weighted by molar-refractivity contribution is 0.993. The van der Waals surface area contributed by atoms with Crippen LogP contribution in [-0.4, -0.2) is 43.6 Å². The van der Waals surface area contributed by atoms with E-state index in [2.05, 4.69) is 414 Å². The van der Waals surface area contributed by atoms with Crippen LogP contribution in [0.4, 0.5) is 0 Å². The first-order valence-electron chi connectivity index (χ1n) is 44.1. The van der Waals surface area contributed by atoms with E-state index in [0.29, 0.717) is 11.9 Å². The maximum Gasteiger partial charge on any atom is 0.235 e. The predicted molar refractivity (Wildman–Crippen MR) is 535 cm³/mol. The van der Waals surface area contributed by atoms with Gasteiger partial charge in [-0.25, -0.2) is 29.9 Å². The third-order valence-corrected chi connectivity index (χ3v) is 27.2. The highest BCUT2D eigenvalue weighted by Gasteiger charge is 2.36. The summed E-state index contributed by atoms with van der Waals surface area (Å²) in [6.07, 6.45) is 0. The molecule has 594 valence electrons. The number of aromatic nitrogens is 9. The fourth-order valence-corrected chi connectivity index (χ4v) is 21.7. The Labute approximate surface area is 738 Å². The Bertz CT molecular complexity index is 9510. The number of hydrogen-bond acceptors (Lipinski definition) is 6. The highest BCUT2D eigenvalue weighted by Crippen LogP contribution is 2.59. The summed E-state index contributed by atoms with van der Waals surface area (Å²) in [7, 11) is 0. The first-order chi connectivity index (χ1) is 64.0. The molecule has 0 amide bonds. The molecule has 0 bridgehead atoms. The quantitative estimate of drug-likeness (QED) is 0.148. The maximum atomic E-state index is 5.38. The van der Waals surface area contributed by atoms with Gasteiger partial charge in [0.1, 0.15) is 0 Å². The SMILES string of the molecule is c1ccc(-c2nc(-n3c4c(c5cc6ccccc6cc53)-c3cccc5cccc-4c35)nc3ccccc23)cc1.c1ccc(-c2nc3ccc(-n4c5c(c6ccccc64)-c4cc6cccc7ccc8ccc-5c4c8c76)cc3nc2-c2ccccc2)cc1.c1ccc2cc(-c3nc(-n4c5c(c6ccccc64)-c4cc6ccccc6c6cccc-5c46)nc4ccccc34)ccc2c1. The van der Waals surface area contributed by atoms with Gasteiger partial charge in [0.25, 0.3) is 0 Å². The van der Waals surface area contributed by atoms with Crippen LogP contribution in [0.15, 0.2) is 419 Å². The van der Waals surface area contributed by atoms with Crippen molar-refractivity contribution in [2.24, 2.45) is 0 Å². The zero-order valence-corrected chi connectivity index (χ0v) is 69.4. The molecule has 0 N–H and O–H groups in total. The summed E-state index contributed by atoms with van der Waals surface area (Å²) in [5.74, 6) is 1.38. The van der Waals surface area contributed by atoms with Gasteiger partial charge in [-0.15, -0.1) is 0 Å². The van der Waals surface area contributed by atoms with Gasteiger partial charge in [-0.1, -0.05) is 346 Å². The van der Waals surface area contributed by atoms with E-state index in [9.17, 15) is 0 Å². The summed E-state index contributed by atoms with van der Waals surface area (Å²) in [6, 6.07) is 149. The number of nitrogens with zero attached hydrogens (tertiary/aromatic N) is 9. The molecular weight excluding hydrogens is 1570 g/mol. The fourth-order valence-electron chi connectivity index (χ4n) is 21.7. The molecule has 6 aromatic heterocycles. The molecule has 9 nitrogen and oxygen atoms in total. The molecule has 0 radical (unpaired) electrons. The number of benzene rings is 21. The predicted octanol–water partition coefficient (Wildman–Crippen LogP) is 31.0. The lowest BCUT2D eigenvalue weighted by Gasteiger charge is -2.15. The normalized spacial score (nSPS) is 12.2. The van der Waals surface area contributed by atoms with Crippen LogP contribution < -0.4 is 0 Å². The minimum atomic E-state index is 0.689. The Hall–Kier alpha value is -17.4. The molecular formula is C120H69N9. The van der Waals surface area contributed by atoms with E-state index >= 15 is 0 Å². The summed E-state index contributed by atoms with van der Waals surface area (Å²) < 4.78 is 7.03. The van der Waals surface area contributed by atoms with Crippen molar-refractivity contribution in [2.45, 2.75) is 0 Å². The molecule has 0 saturated carbocycles. The van der Waals surface area contributed by atoms with Crippen molar-refractivity contribution < 1.29 is 0 Å². The van der Waals surface area contributed by atoms with Crippen LogP contribution in [0, 0.1) is 0 Å². The molecule has 9 heteroatoms. The van der Waals surface area contributed by atoms with Gasteiger partial charge >= 0.3 is 0 Å². The van der Waals surface area contributed by atoms with Crippen LogP contribution in [0.5, 0.6) is 0 Å². The number of fused-ring (bicyclic) bond motifs is 22. The van der Waals surface area contributed by atoms with Crippen molar-refractivity contribution in [3.63, 3.8) is 0 Å². The Morgan fingerprint density at radius 3 is 1.26 bits per heavy atom. The van der Waals surface area contributed by atoms with Crippen molar-refractivity contribution in [3.8, 4) is 130 Å². The van der Waals surface area contributed by atoms with Crippen LogP contribution in [0.1, 0.15) is 0 Å². The molecule has 3 aliphatic carbocycles. The second kappa shape index (κ2) is 27.5. The van der Waals surface area contributed by atoms with Gasteiger partial charge < -0.3 is 4.57 Å². The Kier molecular flexibility index (Phi) is 15.2. The van der Waals surface area contributed by atoms with Gasteiger partial charge in [-0.05, 0) is 170 Å². The molecule has 21 aromatic carbocycles. The summed E-state index contributed by atoms with van der Waals surface area (Å²) in [6.45, 7) is 0. The highest BCUT2D eigenvalue weighted by molar-refractivity contribution is 6.35. The fraction of sp³-hybridized carbons (Fsp3) is 0. The van der Waals surface area contributed by atoms with E-state index in [4.69, 9.17) is 29.9 Å². The Morgan fingerprint density at radius 2 is 0.589 bits per heavy atom. The molecule has 3 aliphatic rings. The summed E-state index contributed by atoms with van der Waals surface area (Å²) in [4.78, 5) is 31.6. The van der Waals surface area contributed by atoms with Crippen molar-refractivity contribution in [1.82, 2.24) is 43.6 Å². The first kappa shape index (κ1) is 71.1. The van der Waals surface area contributed by atoms with Gasteiger partial charge in [0.2, 0.25) is 11.9 Å². The van der Waals surface area contributed by atoms with E-state index in [-0.39, 0.29) is 0 Å². The standard InChI is InChI=1S/C44H25N3.C40H23N3.C36H21N3/c1-3-10-28(11-4-1)42-43(29-12-5-2-6-13-29)46-36-25-31(21-23-35(36)45-42)47-37-17-8-7-16-32(37)41-34-24-30-15-9-14-26-18-19-27-20-22-33(44(41)47)40(34)39(27)38(26)30;1-2-11-25-22-27(21-20-24(25)10-1)38-30-14-5-7-18-34(30)41-40(42-38)43-35-19-8-6-15-31(35)37-33-23-26-12-3-4-13-28(26)29-16-9-17-32(36(29)33)39(37)43;1-2-10-23(11-3-1)34-26-16-6-7-19-30(26)37-36(38-34)39-31-21-25-13-5-4-12-24(25)20-29(31)33-27-17-8-14-22-15-9-18-28(32(22)27)35(33)39/h1-25H;1-23H;1-21H. The van der Waals surface area contributed by atoms with E-state index in [1.54, 1.807) is 0 Å². The van der Waals surface area contributed by atoms with Crippen molar-refractivity contribution in [2.75, 3.05) is 0 Å². The maximum absolute atomic E-state index is 5.38. The summed E-state index contributed by atoms with van der Waals surface area (Å²) >= 11 is 0. The van der Waals surface area contributed by atoms with Crippen molar-refractivity contribution >= 4 is 152 Å². The molecule has 0 spiro atoms. The van der Waals surface area contributed by atoms with Gasteiger partial charge in [-0.2, -0.15) is 0 Å². The molecule has 0 saturated heterocycles. The van der Waals surface area contributed by atoms with Crippen molar-refractivity contribution in [3.05, 3.63) is 419 Å². The number of rotatable bonds is 7. The monoisotopic (exact) mass is 1640 g/mol. The highest BCUT2D eigenvalue weighted by atomic mass is 15.2. The Morgan fingerprint density at radius 1 is 0.163 bits per heavy atom. The largest absolute Gasteiger partial charge is 0.309 e. The topological polar surface area (TPSA) is 92.1 Å². The molecule has 129 heavy (non-hydrogen) atoms. The summed E-state index contributed by atoms with van der Waals surface area (Å²) in [5.41, 5.74) is 31.1. The lowest BCUT2D eigenvalue weighted by atomic mass is 9.90. The van der Waals surface area contributed by atoms with Crippen LogP contribution in [0.3, 0.4) is 0 Å². The second-order valence-corrected chi connectivity index (χ2v) is 34.2. The third-order valence-electron chi connectivity index (χ3n) is 27.2. The molecule has 30 rings (SSSR count). The van der Waals surface area contributed by atoms with Crippen LogP contribution >= 0.6 is 0 Å². The molecule has 0 fully saturated rings. The zero-order chi connectivity index (χ0) is 84.2.